The zero-order chi connectivity index (χ0) is 20.2. The number of hydrogen-bond acceptors (Lipinski definition) is 3. The highest BCUT2D eigenvalue weighted by Gasteiger charge is 2.19. The molecule has 9 heteroatoms. The molecule has 4 rings (SSSR count). The molecule has 5 nitrogen and oxygen atoms in total. The number of rotatable bonds is 2. The van der Waals surface area contributed by atoms with Gasteiger partial charge in [-0.25, -0.2) is 0 Å². The van der Waals surface area contributed by atoms with Crippen LogP contribution in [0, 0.1) is 0 Å². The number of halogens is 4. The first-order valence-electron chi connectivity index (χ1n) is 7.83. The third-order valence-corrected chi connectivity index (χ3v) is 5.91. The van der Waals surface area contributed by atoms with Crippen LogP contribution in [0.1, 0.15) is 15.9 Å². The van der Waals surface area contributed by atoms with Gasteiger partial charge in [0.05, 0.1) is 22.2 Å². The molecule has 28 heavy (non-hydrogen) atoms. The SMILES string of the molecule is O=C(c1cc2cc(Cl)cc(Br)c2[nH]c1=O)c1cc2cc(Cl)cc(Br)c2[nH]c1=O. The minimum absolute atomic E-state index is 0.160. The molecule has 140 valence electrons. The smallest absolute Gasteiger partial charge is 0.259 e. The Morgan fingerprint density at radius 2 is 1.11 bits per heavy atom. The van der Waals surface area contributed by atoms with Crippen molar-refractivity contribution < 1.29 is 4.79 Å². The zero-order valence-electron chi connectivity index (χ0n) is 13.7. The van der Waals surface area contributed by atoms with E-state index in [9.17, 15) is 14.4 Å². The van der Waals surface area contributed by atoms with Gasteiger partial charge in [0.2, 0.25) is 5.78 Å². The summed E-state index contributed by atoms with van der Waals surface area (Å²) < 4.78 is 1.18. The summed E-state index contributed by atoms with van der Waals surface area (Å²) in [7, 11) is 0. The number of fused-ring (bicyclic) bond motifs is 2. The molecule has 2 aromatic carbocycles. The minimum Gasteiger partial charge on any atom is -0.320 e. The van der Waals surface area contributed by atoms with Crippen LogP contribution >= 0.6 is 55.1 Å². The van der Waals surface area contributed by atoms with Gasteiger partial charge in [0.1, 0.15) is 0 Å². The number of pyridine rings is 2. The average Bonchev–Trinajstić information content (AvgIpc) is 2.61. The first-order valence-corrected chi connectivity index (χ1v) is 10.2. The van der Waals surface area contributed by atoms with Crippen molar-refractivity contribution in [3.05, 3.63) is 87.2 Å². The lowest BCUT2D eigenvalue weighted by Crippen LogP contribution is -2.24. The van der Waals surface area contributed by atoms with Crippen molar-refractivity contribution in [3.8, 4) is 0 Å². The van der Waals surface area contributed by atoms with E-state index in [2.05, 4.69) is 41.8 Å². The molecule has 2 aromatic heterocycles. The van der Waals surface area contributed by atoms with Gasteiger partial charge in [0.25, 0.3) is 11.1 Å². The molecule has 0 atom stereocenters. The van der Waals surface area contributed by atoms with Crippen molar-refractivity contribution in [1.82, 2.24) is 9.97 Å². The molecule has 0 spiro atoms. The summed E-state index contributed by atoms with van der Waals surface area (Å²) >= 11 is 18.8. The standard InChI is InChI=1S/C19H8Br2Cl2N2O3/c20-13-5-9(22)1-7-3-11(18(27)24-15(7)13)17(26)12-4-8-2-10(23)6-14(21)16(8)25-19(12)28/h1-6H,(H,24,27)(H,25,28). The summed E-state index contributed by atoms with van der Waals surface area (Å²) in [5.74, 6) is -0.696. The number of benzene rings is 2. The van der Waals surface area contributed by atoms with Gasteiger partial charge >= 0.3 is 0 Å². The highest BCUT2D eigenvalue weighted by Crippen LogP contribution is 2.28. The first kappa shape index (κ1) is 19.4. The van der Waals surface area contributed by atoms with E-state index >= 15 is 0 Å². The Morgan fingerprint density at radius 3 is 1.50 bits per heavy atom. The summed E-state index contributed by atoms with van der Waals surface area (Å²) in [5.41, 5.74) is -0.511. The average molecular weight is 543 g/mol. The highest BCUT2D eigenvalue weighted by atomic mass is 79.9. The number of ketones is 1. The van der Waals surface area contributed by atoms with Gasteiger partial charge < -0.3 is 9.97 Å². The van der Waals surface area contributed by atoms with Crippen molar-refractivity contribution in [3.63, 3.8) is 0 Å². The second-order valence-corrected chi connectivity index (χ2v) is 8.64. The number of carbonyl (C=O) groups excluding carboxylic acids is 1. The van der Waals surface area contributed by atoms with Crippen LogP contribution in [0.3, 0.4) is 0 Å². The molecule has 0 saturated carbocycles. The van der Waals surface area contributed by atoms with E-state index < -0.39 is 16.9 Å². The van der Waals surface area contributed by atoms with Crippen molar-refractivity contribution in [2.24, 2.45) is 0 Å². The second kappa shape index (κ2) is 7.15. The summed E-state index contributed by atoms with van der Waals surface area (Å²) in [4.78, 5) is 43.3. The van der Waals surface area contributed by atoms with E-state index in [-0.39, 0.29) is 11.1 Å². The summed E-state index contributed by atoms with van der Waals surface area (Å²) in [6.07, 6.45) is 0. The lowest BCUT2D eigenvalue weighted by atomic mass is 10.0. The van der Waals surface area contributed by atoms with Gasteiger partial charge in [-0.2, -0.15) is 0 Å². The number of carbonyl (C=O) groups is 1. The molecule has 0 radical (unpaired) electrons. The molecule has 0 bridgehead atoms. The van der Waals surface area contributed by atoms with Gasteiger partial charge in [-0.15, -0.1) is 0 Å². The van der Waals surface area contributed by atoms with E-state index in [0.29, 0.717) is 40.8 Å². The maximum Gasteiger partial charge on any atom is 0.259 e. The monoisotopic (exact) mass is 540 g/mol. The van der Waals surface area contributed by atoms with Crippen molar-refractivity contribution in [1.29, 1.82) is 0 Å². The van der Waals surface area contributed by atoms with E-state index in [1.165, 1.54) is 12.1 Å². The summed E-state index contributed by atoms with van der Waals surface area (Å²) in [5, 5.41) is 2.00. The normalized spacial score (nSPS) is 11.3. The largest absolute Gasteiger partial charge is 0.320 e. The topological polar surface area (TPSA) is 82.8 Å². The van der Waals surface area contributed by atoms with E-state index in [1.54, 1.807) is 24.3 Å². The Morgan fingerprint density at radius 1 is 0.714 bits per heavy atom. The molecule has 0 aliphatic rings. The minimum atomic E-state index is -0.696. The van der Waals surface area contributed by atoms with Crippen molar-refractivity contribution >= 4 is 82.7 Å². The van der Waals surface area contributed by atoms with Gasteiger partial charge in [0, 0.05) is 29.8 Å². The third kappa shape index (κ3) is 3.33. The second-order valence-electron chi connectivity index (χ2n) is 6.06. The molecule has 2 N–H and O–H groups in total. The first-order chi connectivity index (χ1) is 13.2. The van der Waals surface area contributed by atoms with Crippen LogP contribution in [-0.2, 0) is 0 Å². The molecule has 4 aromatic rings. The quantitative estimate of drug-likeness (QED) is 0.331. The predicted molar refractivity (Wildman–Crippen MR) is 118 cm³/mol. The van der Waals surface area contributed by atoms with Crippen LogP contribution in [0.4, 0.5) is 0 Å². The van der Waals surface area contributed by atoms with Gasteiger partial charge in [-0.1, -0.05) is 23.2 Å². The molecule has 0 amide bonds. The fraction of sp³-hybridized carbons (Fsp3) is 0. The highest BCUT2D eigenvalue weighted by molar-refractivity contribution is 9.11. The number of hydrogen-bond donors (Lipinski definition) is 2. The Kier molecular flexibility index (Phi) is 4.95. The maximum atomic E-state index is 13.0. The number of aromatic nitrogens is 2. The van der Waals surface area contributed by atoms with Crippen molar-refractivity contribution in [2.75, 3.05) is 0 Å². The molecule has 0 aliphatic heterocycles. The fourth-order valence-corrected chi connectivity index (χ4v) is 4.83. The number of nitrogens with one attached hydrogen (secondary N) is 2. The van der Waals surface area contributed by atoms with Crippen LogP contribution in [-0.4, -0.2) is 15.8 Å². The Hall–Kier alpha value is -1.93. The van der Waals surface area contributed by atoms with Crippen LogP contribution in [0.5, 0.6) is 0 Å². The molecule has 0 fully saturated rings. The van der Waals surface area contributed by atoms with Gasteiger partial charge in [-0.3, -0.25) is 14.4 Å². The van der Waals surface area contributed by atoms with Crippen LogP contribution in [0.2, 0.25) is 10.0 Å². The molecule has 0 unspecified atom stereocenters. The fourth-order valence-electron chi connectivity index (χ4n) is 2.96. The number of aromatic amines is 2. The van der Waals surface area contributed by atoms with E-state index in [1.807, 2.05) is 0 Å². The van der Waals surface area contributed by atoms with Crippen LogP contribution < -0.4 is 11.1 Å². The lowest BCUT2D eigenvalue weighted by Gasteiger charge is -2.07. The summed E-state index contributed by atoms with van der Waals surface area (Å²) in [6, 6.07) is 9.36. The van der Waals surface area contributed by atoms with Crippen LogP contribution in [0.25, 0.3) is 21.8 Å². The Balaban J connectivity index is 1.95. The lowest BCUT2D eigenvalue weighted by molar-refractivity contribution is 0.103. The third-order valence-electron chi connectivity index (χ3n) is 4.23. The van der Waals surface area contributed by atoms with Crippen molar-refractivity contribution in [2.45, 2.75) is 0 Å². The molecule has 0 aliphatic carbocycles. The number of H-pyrrole nitrogens is 2. The van der Waals surface area contributed by atoms with Gasteiger partial charge in [0.15, 0.2) is 0 Å². The van der Waals surface area contributed by atoms with Gasteiger partial charge in [-0.05, 0) is 68.3 Å². The maximum absolute atomic E-state index is 13.0. The van der Waals surface area contributed by atoms with Crippen LogP contribution in [0.15, 0.2) is 54.9 Å². The molecule has 0 saturated heterocycles. The predicted octanol–water partition coefficient (Wildman–Crippen LogP) is 5.43. The molecular formula is C19H8Br2Cl2N2O3. The summed E-state index contributed by atoms with van der Waals surface area (Å²) in [6.45, 7) is 0. The van der Waals surface area contributed by atoms with E-state index in [4.69, 9.17) is 23.2 Å². The van der Waals surface area contributed by atoms with E-state index in [0.717, 1.165) is 0 Å². The Bertz CT molecular complexity index is 1320. The Labute approximate surface area is 183 Å². The molecule has 2 heterocycles. The molecular weight excluding hydrogens is 535 g/mol. The zero-order valence-corrected chi connectivity index (χ0v) is 18.4.